The number of anilines is 1. The number of hydrogen-bond acceptors (Lipinski definition) is 4. The third-order valence-electron chi connectivity index (χ3n) is 4.53. The minimum atomic E-state index is -0.393. The molecule has 0 radical (unpaired) electrons. The quantitative estimate of drug-likeness (QED) is 0.602. The smallest absolute Gasteiger partial charge is 0.341 e. The molecule has 0 unspecified atom stereocenters. The summed E-state index contributed by atoms with van der Waals surface area (Å²) in [7, 11) is 1.39. The van der Waals surface area contributed by atoms with Crippen molar-refractivity contribution in [1.82, 2.24) is 9.38 Å². The second-order valence-electron chi connectivity index (χ2n) is 9.03. The fourth-order valence-corrected chi connectivity index (χ4v) is 3.94. The van der Waals surface area contributed by atoms with Crippen LogP contribution in [0, 0.1) is 5.41 Å². The van der Waals surface area contributed by atoms with Gasteiger partial charge in [-0.05, 0) is 37.8 Å². The predicted octanol–water partition coefficient (Wildman–Crippen LogP) is 5.41. The standard InChI is InChI=1S/C23H29N3O2/c1-22(2,3)15-23(4,5)25-20-18(16-11-8-7-9-12-16)24-19-17(21(27)28-6)13-10-14-26(19)20/h7-14,25H,15H2,1-6H3. The predicted molar refractivity (Wildman–Crippen MR) is 114 cm³/mol. The molecule has 5 nitrogen and oxygen atoms in total. The number of imidazole rings is 1. The van der Waals surface area contributed by atoms with Crippen LogP contribution in [0.5, 0.6) is 0 Å². The Labute approximate surface area is 166 Å². The molecule has 1 N–H and O–H groups in total. The van der Waals surface area contributed by atoms with Crippen molar-refractivity contribution in [3.63, 3.8) is 0 Å². The number of methoxy groups -OCH3 is 1. The maximum absolute atomic E-state index is 12.3. The van der Waals surface area contributed by atoms with E-state index in [0.29, 0.717) is 11.2 Å². The van der Waals surface area contributed by atoms with Gasteiger partial charge >= 0.3 is 5.97 Å². The lowest BCUT2D eigenvalue weighted by atomic mass is 9.82. The summed E-state index contributed by atoms with van der Waals surface area (Å²) in [5.74, 6) is 0.483. The van der Waals surface area contributed by atoms with Gasteiger partial charge in [0.15, 0.2) is 5.65 Å². The zero-order valence-electron chi connectivity index (χ0n) is 17.5. The summed E-state index contributed by atoms with van der Waals surface area (Å²) in [6.07, 6.45) is 2.90. The molecule has 0 atom stereocenters. The molecule has 3 rings (SSSR count). The van der Waals surface area contributed by atoms with Gasteiger partial charge in [-0.3, -0.25) is 4.40 Å². The number of carbonyl (C=O) groups is 1. The average molecular weight is 380 g/mol. The van der Waals surface area contributed by atoms with Gasteiger partial charge in [-0.2, -0.15) is 0 Å². The van der Waals surface area contributed by atoms with Crippen LogP contribution in [0.3, 0.4) is 0 Å². The summed E-state index contributed by atoms with van der Waals surface area (Å²) in [6.45, 7) is 11.1. The van der Waals surface area contributed by atoms with Crippen molar-refractivity contribution < 1.29 is 9.53 Å². The number of pyridine rings is 1. The molecule has 0 fully saturated rings. The summed E-state index contributed by atoms with van der Waals surface area (Å²) in [5, 5.41) is 3.70. The molecule has 0 spiro atoms. The highest BCUT2D eigenvalue weighted by Gasteiger charge is 2.28. The van der Waals surface area contributed by atoms with Crippen LogP contribution in [0.15, 0.2) is 48.7 Å². The van der Waals surface area contributed by atoms with Crippen LogP contribution in [-0.4, -0.2) is 28.0 Å². The fourth-order valence-electron chi connectivity index (χ4n) is 3.94. The molecule has 2 heterocycles. The van der Waals surface area contributed by atoms with Crippen molar-refractivity contribution in [1.29, 1.82) is 0 Å². The van der Waals surface area contributed by atoms with Crippen LogP contribution in [-0.2, 0) is 4.74 Å². The lowest BCUT2D eigenvalue weighted by Gasteiger charge is -2.34. The Morgan fingerprint density at radius 3 is 2.36 bits per heavy atom. The third-order valence-corrected chi connectivity index (χ3v) is 4.53. The minimum Gasteiger partial charge on any atom is -0.465 e. The average Bonchev–Trinajstić information content (AvgIpc) is 2.97. The van der Waals surface area contributed by atoms with Gasteiger partial charge < -0.3 is 10.1 Å². The monoisotopic (exact) mass is 379 g/mol. The molecule has 28 heavy (non-hydrogen) atoms. The Morgan fingerprint density at radius 1 is 1.07 bits per heavy atom. The molecule has 3 aromatic rings. The SMILES string of the molecule is COC(=O)c1cccn2c(NC(C)(C)CC(C)(C)C)c(-c3ccccc3)nc12. The van der Waals surface area contributed by atoms with E-state index in [0.717, 1.165) is 23.5 Å². The summed E-state index contributed by atoms with van der Waals surface area (Å²) in [4.78, 5) is 17.1. The van der Waals surface area contributed by atoms with E-state index in [-0.39, 0.29) is 11.0 Å². The topological polar surface area (TPSA) is 55.6 Å². The fraction of sp³-hybridized carbons (Fsp3) is 0.391. The number of ether oxygens (including phenoxy) is 1. The normalized spacial score (nSPS) is 12.2. The Bertz CT molecular complexity index is 982. The summed E-state index contributed by atoms with van der Waals surface area (Å²) in [5.41, 5.74) is 2.85. The van der Waals surface area contributed by atoms with E-state index in [1.807, 2.05) is 47.0 Å². The number of nitrogens with one attached hydrogen (secondary N) is 1. The van der Waals surface area contributed by atoms with Crippen LogP contribution in [0.4, 0.5) is 5.82 Å². The number of rotatable bonds is 5. The van der Waals surface area contributed by atoms with Crippen LogP contribution < -0.4 is 5.32 Å². The minimum absolute atomic E-state index is 0.168. The molecule has 0 saturated carbocycles. The summed E-state index contributed by atoms with van der Waals surface area (Å²) < 4.78 is 6.90. The zero-order chi connectivity index (χ0) is 20.5. The molecule has 0 aliphatic carbocycles. The highest BCUT2D eigenvalue weighted by molar-refractivity contribution is 5.97. The van der Waals surface area contributed by atoms with Gasteiger partial charge in [-0.25, -0.2) is 9.78 Å². The Balaban J connectivity index is 2.20. The number of nitrogens with zero attached hydrogens (tertiary/aromatic N) is 2. The van der Waals surface area contributed by atoms with Crippen molar-refractivity contribution in [3.05, 3.63) is 54.2 Å². The first-order valence-electron chi connectivity index (χ1n) is 9.54. The summed E-state index contributed by atoms with van der Waals surface area (Å²) in [6, 6.07) is 13.6. The van der Waals surface area contributed by atoms with Gasteiger partial charge in [0.2, 0.25) is 0 Å². The highest BCUT2D eigenvalue weighted by atomic mass is 16.5. The lowest BCUT2D eigenvalue weighted by Crippen LogP contribution is -2.36. The van der Waals surface area contributed by atoms with Crippen LogP contribution in [0.2, 0.25) is 0 Å². The largest absolute Gasteiger partial charge is 0.465 e. The van der Waals surface area contributed by atoms with Crippen LogP contribution in [0.25, 0.3) is 16.9 Å². The molecule has 148 valence electrons. The number of esters is 1. The number of hydrogen-bond donors (Lipinski definition) is 1. The Kier molecular flexibility index (Phi) is 5.20. The first kappa shape index (κ1) is 19.9. The van der Waals surface area contributed by atoms with E-state index in [1.54, 1.807) is 6.07 Å². The van der Waals surface area contributed by atoms with Gasteiger partial charge in [-0.15, -0.1) is 0 Å². The molecule has 0 bridgehead atoms. The lowest BCUT2D eigenvalue weighted by molar-refractivity contribution is 0.0602. The molecule has 0 saturated heterocycles. The molecule has 0 aliphatic heterocycles. The maximum atomic E-state index is 12.3. The van der Waals surface area contributed by atoms with Gasteiger partial charge in [0.25, 0.3) is 0 Å². The van der Waals surface area contributed by atoms with Crippen LogP contribution >= 0.6 is 0 Å². The van der Waals surface area contributed by atoms with Crippen molar-refractivity contribution in [2.75, 3.05) is 12.4 Å². The molecule has 2 aromatic heterocycles. The van der Waals surface area contributed by atoms with Gasteiger partial charge in [0, 0.05) is 17.3 Å². The first-order valence-corrected chi connectivity index (χ1v) is 9.54. The van der Waals surface area contributed by atoms with Crippen molar-refractivity contribution >= 4 is 17.4 Å². The molecular weight excluding hydrogens is 350 g/mol. The van der Waals surface area contributed by atoms with Gasteiger partial charge in [0.05, 0.1) is 7.11 Å². The molecule has 1 aromatic carbocycles. The number of carbonyl (C=O) groups excluding carboxylic acids is 1. The molecule has 0 amide bonds. The number of aromatic nitrogens is 2. The number of fused-ring (bicyclic) bond motifs is 1. The maximum Gasteiger partial charge on any atom is 0.341 e. The first-order chi connectivity index (χ1) is 13.1. The van der Waals surface area contributed by atoms with E-state index < -0.39 is 5.97 Å². The van der Waals surface area contributed by atoms with Crippen molar-refractivity contribution in [2.24, 2.45) is 5.41 Å². The highest BCUT2D eigenvalue weighted by Crippen LogP contribution is 2.35. The van der Waals surface area contributed by atoms with Gasteiger partial charge in [-0.1, -0.05) is 51.1 Å². The van der Waals surface area contributed by atoms with Crippen molar-refractivity contribution in [3.8, 4) is 11.3 Å². The van der Waals surface area contributed by atoms with Crippen molar-refractivity contribution in [2.45, 2.75) is 46.6 Å². The van der Waals surface area contributed by atoms with E-state index in [1.165, 1.54) is 7.11 Å². The molecular formula is C23H29N3O2. The van der Waals surface area contributed by atoms with E-state index in [2.05, 4.69) is 39.9 Å². The second-order valence-corrected chi connectivity index (χ2v) is 9.03. The van der Waals surface area contributed by atoms with E-state index in [9.17, 15) is 4.79 Å². The van der Waals surface area contributed by atoms with E-state index in [4.69, 9.17) is 9.72 Å². The van der Waals surface area contributed by atoms with Crippen LogP contribution in [0.1, 0.15) is 51.4 Å². The van der Waals surface area contributed by atoms with Gasteiger partial charge in [0.1, 0.15) is 17.1 Å². The van der Waals surface area contributed by atoms with E-state index >= 15 is 0 Å². The third kappa shape index (κ3) is 4.19. The zero-order valence-corrected chi connectivity index (χ0v) is 17.5. The Morgan fingerprint density at radius 2 is 1.75 bits per heavy atom. The summed E-state index contributed by atoms with van der Waals surface area (Å²) >= 11 is 0. The molecule has 5 heteroatoms. The number of benzene rings is 1. The molecule has 0 aliphatic rings. The second kappa shape index (κ2) is 7.30. The Hall–Kier alpha value is -2.82.